The first-order valence-corrected chi connectivity index (χ1v) is 7.07. The lowest BCUT2D eigenvalue weighted by molar-refractivity contribution is 0.620. The van der Waals surface area contributed by atoms with E-state index in [2.05, 4.69) is 28.8 Å². The summed E-state index contributed by atoms with van der Waals surface area (Å²) in [5, 5.41) is 7.50. The monoisotopic (exact) mass is 279 g/mol. The number of aryl methyl sites for hydroxylation is 1. The molecular formula is C14H18FN3S. The maximum atomic E-state index is 13.2. The quantitative estimate of drug-likeness (QED) is 0.932. The Morgan fingerprint density at radius 1 is 1.32 bits per heavy atom. The summed E-state index contributed by atoms with van der Waals surface area (Å²) in [6, 6.07) is 4.90. The number of nitrogens with zero attached hydrogens (tertiary/aromatic N) is 2. The van der Waals surface area contributed by atoms with Crippen LogP contribution in [0.4, 0.5) is 4.39 Å². The molecule has 1 atom stereocenters. The van der Waals surface area contributed by atoms with E-state index in [0.717, 1.165) is 21.7 Å². The Hall–Kier alpha value is -1.33. The van der Waals surface area contributed by atoms with Gasteiger partial charge >= 0.3 is 0 Å². The molecule has 0 aliphatic carbocycles. The zero-order valence-corrected chi connectivity index (χ0v) is 12.4. The van der Waals surface area contributed by atoms with E-state index >= 15 is 0 Å². The highest BCUT2D eigenvalue weighted by Crippen LogP contribution is 2.32. The van der Waals surface area contributed by atoms with Crippen LogP contribution in [0.2, 0.25) is 0 Å². The molecule has 0 aliphatic rings. The van der Waals surface area contributed by atoms with Crippen molar-refractivity contribution in [3.8, 4) is 0 Å². The molecule has 0 fully saturated rings. The number of halogens is 1. The molecule has 1 unspecified atom stereocenters. The number of hydrogen-bond acceptors (Lipinski definition) is 4. The fraction of sp³-hybridized carbons (Fsp3) is 0.429. The van der Waals surface area contributed by atoms with E-state index in [4.69, 9.17) is 0 Å². The van der Waals surface area contributed by atoms with E-state index in [1.807, 2.05) is 20.0 Å². The van der Waals surface area contributed by atoms with E-state index in [1.54, 1.807) is 6.07 Å². The molecule has 0 saturated heterocycles. The number of hydrogen-bond donors (Lipinski definition) is 1. The second-order valence-electron chi connectivity index (χ2n) is 4.90. The molecule has 102 valence electrons. The highest BCUT2D eigenvalue weighted by atomic mass is 32.1. The average Bonchev–Trinajstić information content (AvgIpc) is 2.82. The van der Waals surface area contributed by atoms with Crippen LogP contribution < -0.4 is 5.32 Å². The zero-order valence-electron chi connectivity index (χ0n) is 11.6. The minimum atomic E-state index is -0.206. The summed E-state index contributed by atoms with van der Waals surface area (Å²) in [7, 11) is 1.90. The fourth-order valence-corrected chi connectivity index (χ4v) is 3.13. The lowest BCUT2D eigenvalue weighted by Gasteiger charge is -2.19. The van der Waals surface area contributed by atoms with Crippen molar-refractivity contribution < 1.29 is 4.39 Å². The molecule has 1 N–H and O–H groups in total. The van der Waals surface area contributed by atoms with Crippen LogP contribution in [0.5, 0.6) is 0 Å². The van der Waals surface area contributed by atoms with Crippen molar-refractivity contribution in [2.75, 3.05) is 7.05 Å². The van der Waals surface area contributed by atoms with Crippen molar-refractivity contribution in [2.24, 2.45) is 0 Å². The lowest BCUT2D eigenvalue weighted by Crippen LogP contribution is -2.19. The van der Waals surface area contributed by atoms with Gasteiger partial charge in [0, 0.05) is 0 Å². The summed E-state index contributed by atoms with van der Waals surface area (Å²) in [4.78, 5) is 1.10. The molecule has 2 rings (SSSR count). The van der Waals surface area contributed by atoms with Crippen molar-refractivity contribution >= 4 is 11.5 Å². The van der Waals surface area contributed by atoms with Gasteiger partial charge in [0.05, 0.1) is 16.6 Å². The number of aromatic nitrogens is 2. The van der Waals surface area contributed by atoms with Crippen LogP contribution in [0.15, 0.2) is 18.2 Å². The predicted molar refractivity (Wildman–Crippen MR) is 76.0 cm³/mol. The van der Waals surface area contributed by atoms with Gasteiger partial charge in [0.25, 0.3) is 0 Å². The molecule has 5 heteroatoms. The summed E-state index contributed by atoms with van der Waals surface area (Å²) in [5.41, 5.74) is 3.01. The summed E-state index contributed by atoms with van der Waals surface area (Å²) >= 11 is 1.40. The van der Waals surface area contributed by atoms with Crippen molar-refractivity contribution in [1.29, 1.82) is 0 Å². The molecule has 1 heterocycles. The molecule has 2 aromatic rings. The predicted octanol–water partition coefficient (Wildman–Crippen LogP) is 3.42. The second-order valence-corrected chi connectivity index (χ2v) is 5.69. The largest absolute Gasteiger partial charge is 0.309 e. The van der Waals surface area contributed by atoms with E-state index in [9.17, 15) is 4.39 Å². The van der Waals surface area contributed by atoms with Crippen LogP contribution in [0.1, 0.15) is 47.5 Å². The highest BCUT2D eigenvalue weighted by Gasteiger charge is 2.22. The molecule has 1 aromatic carbocycles. The second kappa shape index (κ2) is 5.75. The summed E-state index contributed by atoms with van der Waals surface area (Å²) < 4.78 is 17.3. The van der Waals surface area contributed by atoms with Crippen LogP contribution in [-0.2, 0) is 0 Å². The van der Waals surface area contributed by atoms with Gasteiger partial charge in [-0.15, -0.1) is 5.10 Å². The molecule has 0 bridgehead atoms. The first kappa shape index (κ1) is 14.1. The van der Waals surface area contributed by atoms with E-state index in [1.165, 1.54) is 17.6 Å². The Balaban J connectivity index is 2.47. The topological polar surface area (TPSA) is 37.8 Å². The molecule has 1 aromatic heterocycles. The summed E-state index contributed by atoms with van der Waals surface area (Å²) in [6.45, 7) is 6.13. The van der Waals surface area contributed by atoms with Crippen LogP contribution in [0, 0.1) is 12.7 Å². The van der Waals surface area contributed by atoms with E-state index in [-0.39, 0.29) is 11.9 Å². The number of rotatable bonds is 4. The molecule has 0 spiro atoms. The first-order valence-electron chi connectivity index (χ1n) is 6.30. The normalized spacial score (nSPS) is 12.9. The maximum absolute atomic E-state index is 13.2. The number of benzene rings is 1. The summed E-state index contributed by atoms with van der Waals surface area (Å²) in [6.07, 6.45) is 0. The Morgan fingerprint density at radius 2 is 2.05 bits per heavy atom. The van der Waals surface area contributed by atoms with Crippen molar-refractivity contribution in [2.45, 2.75) is 32.7 Å². The number of nitrogens with one attached hydrogen (secondary N) is 1. The van der Waals surface area contributed by atoms with Gasteiger partial charge in [0.1, 0.15) is 5.82 Å². The first-order chi connectivity index (χ1) is 9.04. The highest BCUT2D eigenvalue weighted by molar-refractivity contribution is 7.05. The van der Waals surface area contributed by atoms with Gasteiger partial charge in [-0.2, -0.15) is 0 Å². The summed E-state index contributed by atoms with van der Waals surface area (Å²) in [5.74, 6) is 0.118. The van der Waals surface area contributed by atoms with Gasteiger partial charge in [-0.3, -0.25) is 0 Å². The third-order valence-corrected chi connectivity index (χ3v) is 3.99. The van der Waals surface area contributed by atoms with Gasteiger partial charge in [-0.05, 0) is 54.7 Å². The minimum absolute atomic E-state index is 0.0120. The third kappa shape index (κ3) is 2.82. The average molecular weight is 279 g/mol. The van der Waals surface area contributed by atoms with Crippen LogP contribution in [-0.4, -0.2) is 16.6 Å². The van der Waals surface area contributed by atoms with Crippen molar-refractivity contribution in [1.82, 2.24) is 14.9 Å². The van der Waals surface area contributed by atoms with E-state index in [0.29, 0.717) is 5.92 Å². The Kier molecular flexibility index (Phi) is 4.27. The standard InChI is InChI=1S/C14H18FN3S/c1-8(2)12-14(19-18-17-12)13(16-4)11-6-5-10(15)7-9(11)3/h5-8,13,16H,1-4H3. The molecule has 3 nitrogen and oxygen atoms in total. The Labute approximate surface area is 117 Å². The lowest BCUT2D eigenvalue weighted by atomic mass is 9.97. The van der Waals surface area contributed by atoms with Gasteiger partial charge in [0.2, 0.25) is 0 Å². The van der Waals surface area contributed by atoms with Gasteiger partial charge in [-0.25, -0.2) is 4.39 Å². The molecule has 0 amide bonds. The Bertz CT molecular complexity index is 566. The molecular weight excluding hydrogens is 261 g/mol. The maximum Gasteiger partial charge on any atom is 0.123 e. The van der Waals surface area contributed by atoms with Gasteiger partial charge < -0.3 is 5.32 Å². The molecule has 0 aliphatic heterocycles. The van der Waals surface area contributed by atoms with Crippen LogP contribution in [0.25, 0.3) is 0 Å². The van der Waals surface area contributed by atoms with Gasteiger partial charge in [-0.1, -0.05) is 24.4 Å². The van der Waals surface area contributed by atoms with Crippen molar-refractivity contribution in [3.63, 3.8) is 0 Å². The molecule has 19 heavy (non-hydrogen) atoms. The third-order valence-electron chi connectivity index (χ3n) is 3.18. The van der Waals surface area contributed by atoms with Crippen LogP contribution in [0.3, 0.4) is 0 Å². The molecule has 0 radical (unpaired) electrons. The smallest absolute Gasteiger partial charge is 0.123 e. The fourth-order valence-electron chi connectivity index (χ4n) is 2.20. The molecule has 0 saturated carbocycles. The van der Waals surface area contributed by atoms with E-state index < -0.39 is 0 Å². The Morgan fingerprint density at radius 3 is 2.63 bits per heavy atom. The van der Waals surface area contributed by atoms with Crippen LogP contribution >= 0.6 is 11.5 Å². The SMILES string of the molecule is CNC(c1ccc(F)cc1C)c1snnc1C(C)C. The van der Waals surface area contributed by atoms with Crippen molar-refractivity contribution in [3.05, 3.63) is 45.7 Å². The zero-order chi connectivity index (χ0) is 14.0. The van der Waals surface area contributed by atoms with Gasteiger partial charge in [0.15, 0.2) is 0 Å². The minimum Gasteiger partial charge on any atom is -0.309 e.